The summed E-state index contributed by atoms with van der Waals surface area (Å²) in [5, 5.41) is 8.78. The molecule has 3 nitrogen and oxygen atoms in total. The van der Waals surface area contributed by atoms with Gasteiger partial charge in [-0.3, -0.25) is 4.90 Å². The molecule has 18 heavy (non-hydrogen) atoms. The first-order valence-electron chi connectivity index (χ1n) is 6.59. The molecule has 3 heteroatoms. The van der Waals surface area contributed by atoms with Crippen LogP contribution in [0.1, 0.15) is 18.4 Å². The lowest BCUT2D eigenvalue weighted by atomic mass is 10.0. The van der Waals surface area contributed by atoms with E-state index in [2.05, 4.69) is 47.1 Å². The highest BCUT2D eigenvalue weighted by Crippen LogP contribution is 2.22. The highest BCUT2D eigenvalue weighted by molar-refractivity contribution is 5.48. The van der Waals surface area contributed by atoms with Gasteiger partial charge in [0.15, 0.2) is 0 Å². The van der Waals surface area contributed by atoms with E-state index in [9.17, 15) is 0 Å². The minimum Gasteiger partial charge on any atom is -0.370 e. The largest absolute Gasteiger partial charge is 0.370 e. The molecule has 1 aliphatic rings. The third kappa shape index (κ3) is 3.02. The number of aryl methyl sites for hydroxylation is 1. The van der Waals surface area contributed by atoms with Crippen LogP contribution in [0.2, 0.25) is 0 Å². The van der Waals surface area contributed by atoms with Gasteiger partial charge in [0.05, 0.1) is 12.6 Å². The molecule has 1 atom stereocenters. The van der Waals surface area contributed by atoms with Crippen LogP contribution < -0.4 is 4.90 Å². The molecule has 1 heterocycles. The molecule has 2 rings (SSSR count). The van der Waals surface area contributed by atoms with Gasteiger partial charge in [0.25, 0.3) is 0 Å². The van der Waals surface area contributed by atoms with Crippen LogP contribution in [0, 0.1) is 18.3 Å². The van der Waals surface area contributed by atoms with E-state index < -0.39 is 0 Å². The van der Waals surface area contributed by atoms with Gasteiger partial charge in [0.2, 0.25) is 0 Å². The highest BCUT2D eigenvalue weighted by Gasteiger charge is 2.22. The zero-order chi connectivity index (χ0) is 13.0. The second-order valence-corrected chi connectivity index (χ2v) is 5.15. The predicted molar refractivity (Wildman–Crippen MR) is 74.7 cm³/mol. The SMILES string of the molecule is Cc1ccc(N2CCCC(N(C)CC#N)C2)cc1. The number of rotatable bonds is 3. The average molecular weight is 243 g/mol. The van der Waals surface area contributed by atoms with Crippen molar-refractivity contribution in [1.82, 2.24) is 4.90 Å². The molecule has 0 aliphatic carbocycles. The monoisotopic (exact) mass is 243 g/mol. The van der Waals surface area contributed by atoms with E-state index in [4.69, 9.17) is 5.26 Å². The van der Waals surface area contributed by atoms with E-state index in [-0.39, 0.29) is 0 Å². The quantitative estimate of drug-likeness (QED) is 0.764. The maximum Gasteiger partial charge on any atom is 0.0866 e. The smallest absolute Gasteiger partial charge is 0.0866 e. The van der Waals surface area contributed by atoms with Gasteiger partial charge < -0.3 is 4.90 Å². The summed E-state index contributed by atoms with van der Waals surface area (Å²) in [5.74, 6) is 0. The van der Waals surface area contributed by atoms with Crippen LogP contribution in [0.15, 0.2) is 24.3 Å². The van der Waals surface area contributed by atoms with E-state index in [1.165, 1.54) is 24.1 Å². The lowest BCUT2D eigenvalue weighted by Gasteiger charge is -2.38. The van der Waals surface area contributed by atoms with E-state index in [1.54, 1.807) is 0 Å². The molecular formula is C15H21N3. The minimum absolute atomic E-state index is 0.500. The number of piperidine rings is 1. The van der Waals surface area contributed by atoms with Gasteiger partial charge in [0.1, 0.15) is 0 Å². The van der Waals surface area contributed by atoms with Crippen LogP contribution in [0.5, 0.6) is 0 Å². The number of benzene rings is 1. The van der Waals surface area contributed by atoms with Crippen molar-refractivity contribution in [2.45, 2.75) is 25.8 Å². The number of hydrogen-bond acceptors (Lipinski definition) is 3. The Balaban J connectivity index is 2.02. The van der Waals surface area contributed by atoms with E-state index in [0.717, 1.165) is 13.1 Å². The maximum absolute atomic E-state index is 8.78. The number of likely N-dealkylation sites (N-methyl/N-ethyl adjacent to an activating group) is 1. The number of nitrogens with zero attached hydrogens (tertiary/aromatic N) is 3. The first-order valence-corrected chi connectivity index (χ1v) is 6.59. The molecule has 1 saturated heterocycles. The summed E-state index contributed by atoms with van der Waals surface area (Å²) in [5.41, 5.74) is 2.60. The van der Waals surface area contributed by atoms with Crippen LogP contribution >= 0.6 is 0 Å². The third-order valence-electron chi connectivity index (χ3n) is 3.74. The van der Waals surface area contributed by atoms with Crippen molar-refractivity contribution in [1.29, 1.82) is 5.26 Å². The molecule has 1 unspecified atom stereocenters. The summed E-state index contributed by atoms with van der Waals surface area (Å²) in [6.45, 7) is 4.79. The molecule has 1 aromatic carbocycles. The normalized spacial score (nSPS) is 19.9. The summed E-state index contributed by atoms with van der Waals surface area (Å²) in [7, 11) is 2.05. The topological polar surface area (TPSA) is 30.3 Å². The van der Waals surface area contributed by atoms with Crippen molar-refractivity contribution in [2.24, 2.45) is 0 Å². The average Bonchev–Trinajstić information content (AvgIpc) is 2.40. The number of nitriles is 1. The first-order chi connectivity index (χ1) is 8.70. The van der Waals surface area contributed by atoms with Crippen molar-refractivity contribution in [3.63, 3.8) is 0 Å². The second-order valence-electron chi connectivity index (χ2n) is 5.15. The van der Waals surface area contributed by atoms with Crippen molar-refractivity contribution in [2.75, 3.05) is 31.6 Å². The Labute approximate surface area is 110 Å². The number of anilines is 1. The van der Waals surface area contributed by atoms with E-state index in [1.807, 2.05) is 7.05 Å². The van der Waals surface area contributed by atoms with Crippen molar-refractivity contribution < 1.29 is 0 Å². The van der Waals surface area contributed by atoms with Crippen LogP contribution in [0.4, 0.5) is 5.69 Å². The number of hydrogen-bond donors (Lipinski definition) is 0. The van der Waals surface area contributed by atoms with Gasteiger partial charge in [-0.2, -0.15) is 5.26 Å². The van der Waals surface area contributed by atoms with Crippen LogP contribution in [-0.2, 0) is 0 Å². The Morgan fingerprint density at radius 1 is 1.39 bits per heavy atom. The fraction of sp³-hybridized carbons (Fsp3) is 0.533. The van der Waals surface area contributed by atoms with Gasteiger partial charge in [-0.25, -0.2) is 0 Å². The molecule has 0 aromatic heterocycles. The van der Waals surface area contributed by atoms with Crippen molar-refractivity contribution >= 4 is 5.69 Å². The fourth-order valence-corrected chi connectivity index (χ4v) is 2.55. The van der Waals surface area contributed by atoms with Crippen LogP contribution in [0.3, 0.4) is 0 Å². The Hall–Kier alpha value is -1.53. The Kier molecular flexibility index (Phi) is 4.22. The zero-order valence-corrected chi connectivity index (χ0v) is 11.3. The standard InChI is InChI=1S/C15H21N3/c1-13-5-7-14(8-6-13)18-10-3-4-15(12-18)17(2)11-9-16/h5-8,15H,3-4,10-12H2,1-2H3. The summed E-state index contributed by atoms with van der Waals surface area (Å²) in [4.78, 5) is 4.60. The Morgan fingerprint density at radius 2 is 2.11 bits per heavy atom. The third-order valence-corrected chi connectivity index (χ3v) is 3.74. The molecule has 1 fully saturated rings. The lowest BCUT2D eigenvalue weighted by molar-refractivity contribution is 0.238. The molecule has 0 N–H and O–H groups in total. The molecule has 0 saturated carbocycles. The predicted octanol–water partition coefficient (Wildman–Crippen LogP) is 2.42. The second kappa shape index (κ2) is 5.88. The Bertz CT molecular complexity index is 418. The van der Waals surface area contributed by atoms with Gasteiger partial charge in [-0.15, -0.1) is 0 Å². The molecule has 1 aliphatic heterocycles. The van der Waals surface area contributed by atoms with Crippen LogP contribution in [-0.4, -0.2) is 37.6 Å². The van der Waals surface area contributed by atoms with Gasteiger partial charge >= 0.3 is 0 Å². The van der Waals surface area contributed by atoms with E-state index >= 15 is 0 Å². The highest BCUT2D eigenvalue weighted by atomic mass is 15.2. The molecule has 0 spiro atoms. The molecule has 1 aromatic rings. The summed E-state index contributed by atoms with van der Waals surface area (Å²) < 4.78 is 0. The van der Waals surface area contributed by atoms with Crippen molar-refractivity contribution in [3.05, 3.63) is 29.8 Å². The molecule has 96 valence electrons. The maximum atomic E-state index is 8.78. The molecule has 0 bridgehead atoms. The molecule has 0 amide bonds. The Morgan fingerprint density at radius 3 is 2.78 bits per heavy atom. The first kappa shape index (κ1) is 12.9. The minimum atomic E-state index is 0.500. The van der Waals surface area contributed by atoms with Gasteiger partial charge in [-0.1, -0.05) is 17.7 Å². The van der Waals surface area contributed by atoms with Gasteiger partial charge in [0, 0.05) is 24.8 Å². The summed E-state index contributed by atoms with van der Waals surface area (Å²) >= 11 is 0. The molecule has 0 radical (unpaired) electrons. The van der Waals surface area contributed by atoms with Crippen LogP contribution in [0.25, 0.3) is 0 Å². The summed E-state index contributed by atoms with van der Waals surface area (Å²) in [6, 6.07) is 11.5. The van der Waals surface area contributed by atoms with Gasteiger partial charge in [-0.05, 0) is 38.9 Å². The summed E-state index contributed by atoms with van der Waals surface area (Å²) in [6.07, 6.45) is 2.40. The lowest BCUT2D eigenvalue weighted by Crippen LogP contribution is -2.46. The fourth-order valence-electron chi connectivity index (χ4n) is 2.55. The van der Waals surface area contributed by atoms with E-state index in [0.29, 0.717) is 12.6 Å². The zero-order valence-electron chi connectivity index (χ0n) is 11.3. The molecular weight excluding hydrogens is 222 g/mol. The van der Waals surface area contributed by atoms with Crippen molar-refractivity contribution in [3.8, 4) is 6.07 Å².